The van der Waals surface area contributed by atoms with E-state index in [4.69, 9.17) is 30.3 Å². The molecule has 0 aromatic carbocycles. The van der Waals surface area contributed by atoms with Gasteiger partial charge in [-0.2, -0.15) is 0 Å². The Bertz CT molecular complexity index is 262. The van der Waals surface area contributed by atoms with Crippen molar-refractivity contribution in [2.24, 2.45) is 37.4 Å². The molecule has 1 radical (unpaired) electrons. The molecule has 0 heterocycles. The summed E-state index contributed by atoms with van der Waals surface area (Å²) in [5.74, 6) is 0. The van der Waals surface area contributed by atoms with Gasteiger partial charge in [0.25, 0.3) is 0 Å². The van der Waals surface area contributed by atoms with E-state index in [-0.39, 0.29) is 17.4 Å². The summed E-state index contributed by atoms with van der Waals surface area (Å²) in [7, 11) is 0. The zero-order chi connectivity index (χ0) is 18.3. The molecule has 0 aliphatic rings. The Morgan fingerprint density at radius 3 is 0.739 bits per heavy atom. The molecular formula is CCrN7O14. The third-order valence-electron chi connectivity index (χ3n) is 0.596. The SMILES string of the molecule is O=NOC(ON=O)(ON=O)ON=O.O=N[O-].O=N[O-].O=N[O-].[Cr+3]. The van der Waals surface area contributed by atoms with Crippen molar-refractivity contribution in [3.8, 4) is 0 Å². The molecule has 0 aromatic heterocycles. The largest absolute Gasteiger partial charge is 3.00 e. The Morgan fingerprint density at radius 1 is 0.522 bits per heavy atom. The van der Waals surface area contributed by atoms with Gasteiger partial charge in [0.2, 0.25) is 0 Å². The first-order valence-electron chi connectivity index (χ1n) is 3.37. The minimum absolute atomic E-state index is 0. The first-order chi connectivity index (χ1) is 10.5. The van der Waals surface area contributed by atoms with Crippen LogP contribution in [-0.2, 0) is 36.7 Å². The molecular weight excluding hydrogens is 386 g/mol. The maximum atomic E-state index is 9.50. The van der Waals surface area contributed by atoms with Gasteiger partial charge >= 0.3 is 23.5 Å². The van der Waals surface area contributed by atoms with Crippen LogP contribution in [0.25, 0.3) is 0 Å². The molecule has 0 atom stereocenters. The number of rotatable bonds is 8. The second-order valence-corrected chi connectivity index (χ2v) is 1.39. The van der Waals surface area contributed by atoms with Crippen LogP contribution in [-0.4, -0.2) is 6.16 Å². The average Bonchev–Trinajstić information content (AvgIpc) is 2.42. The van der Waals surface area contributed by atoms with E-state index in [0.717, 1.165) is 16.0 Å². The van der Waals surface area contributed by atoms with Crippen LogP contribution in [0.1, 0.15) is 0 Å². The second kappa shape index (κ2) is 31.0. The van der Waals surface area contributed by atoms with Crippen LogP contribution in [0.4, 0.5) is 0 Å². The molecule has 0 spiro atoms. The zero-order valence-electron chi connectivity index (χ0n) is 9.75. The molecule has 0 rings (SSSR count). The van der Waals surface area contributed by atoms with Crippen LogP contribution in [0.2, 0.25) is 0 Å². The molecule has 0 aliphatic heterocycles. The predicted octanol–water partition coefficient (Wildman–Crippen LogP) is 1.14. The van der Waals surface area contributed by atoms with Gasteiger partial charge in [-0.3, -0.25) is 0 Å². The monoisotopic (exact) mass is 386 g/mol. The van der Waals surface area contributed by atoms with Crippen molar-refractivity contribution in [1.82, 2.24) is 0 Å². The molecule has 0 aliphatic carbocycles. The van der Waals surface area contributed by atoms with E-state index in [1.54, 1.807) is 21.4 Å². The van der Waals surface area contributed by atoms with E-state index in [9.17, 15) is 19.6 Å². The van der Waals surface area contributed by atoms with E-state index in [1.165, 1.54) is 0 Å². The fraction of sp³-hybridized carbons (Fsp3) is 1.00. The van der Waals surface area contributed by atoms with E-state index >= 15 is 0 Å². The van der Waals surface area contributed by atoms with Crippen molar-refractivity contribution >= 4 is 0 Å². The van der Waals surface area contributed by atoms with Gasteiger partial charge < -0.3 is 30.3 Å². The topological polar surface area (TPSA) is 312 Å². The molecule has 0 N–H and O–H groups in total. The smallest absolute Gasteiger partial charge is 0.444 e. The van der Waals surface area contributed by atoms with Gasteiger partial charge in [-0.15, -0.1) is 35.6 Å². The number of nitrogens with zero attached hydrogens (tertiary/aromatic N) is 7. The third-order valence-corrected chi connectivity index (χ3v) is 0.596. The summed E-state index contributed by atoms with van der Waals surface area (Å²) in [6.07, 6.45) is -3.22. The Hall–Kier alpha value is -3.67. The minimum Gasteiger partial charge on any atom is -0.444 e. The van der Waals surface area contributed by atoms with Gasteiger partial charge in [0, 0.05) is 0 Å². The van der Waals surface area contributed by atoms with Gasteiger partial charge in [0.15, 0.2) is 21.4 Å². The van der Waals surface area contributed by atoms with Crippen molar-refractivity contribution in [2.45, 2.75) is 6.16 Å². The maximum absolute atomic E-state index is 9.50. The van der Waals surface area contributed by atoms with E-state index in [2.05, 4.69) is 19.4 Å². The normalized spacial score (nSPS) is 6.78. The van der Waals surface area contributed by atoms with Crippen LogP contribution in [0.5, 0.6) is 0 Å². The molecule has 0 saturated heterocycles. The summed E-state index contributed by atoms with van der Waals surface area (Å²) in [6.45, 7) is 0. The summed E-state index contributed by atoms with van der Waals surface area (Å²) in [5, 5.41) is 33.6. The summed E-state index contributed by atoms with van der Waals surface area (Å²) in [5.41, 5.74) is 0. The standard InChI is InChI=1S/CN4O8.Cr.3HNO2/c6-2-10-1(11-3-7,12-4-8)13-5-9;;3*2-1-3/h;;3*(H,2,3)/q;+3;;;/p-3. The van der Waals surface area contributed by atoms with Crippen LogP contribution < -0.4 is 0 Å². The number of hydrogen-bond acceptors (Lipinski definition) is 21. The maximum Gasteiger partial charge on any atom is 3.00 e. The molecule has 0 unspecified atom stereocenters. The first kappa shape index (κ1) is 31.6. The third kappa shape index (κ3) is 32.2. The van der Waals surface area contributed by atoms with Gasteiger partial charge in [-0.05, 0) is 0 Å². The first-order valence-corrected chi connectivity index (χ1v) is 3.37. The van der Waals surface area contributed by atoms with Gasteiger partial charge in [0.1, 0.15) is 0 Å². The van der Waals surface area contributed by atoms with Crippen molar-refractivity contribution in [3.63, 3.8) is 0 Å². The van der Waals surface area contributed by atoms with E-state index in [0.29, 0.717) is 0 Å². The van der Waals surface area contributed by atoms with Crippen molar-refractivity contribution in [1.29, 1.82) is 0 Å². The molecule has 22 heteroatoms. The minimum atomic E-state index is -3.22. The molecule has 0 amide bonds. The Morgan fingerprint density at radius 2 is 0.652 bits per heavy atom. The summed E-state index contributed by atoms with van der Waals surface area (Å²) < 4.78 is 0. The fourth-order valence-corrected chi connectivity index (χ4v) is 0.283. The van der Waals surface area contributed by atoms with Crippen LogP contribution in [0, 0.1) is 50.0 Å². The Balaban J connectivity index is -0.0000000900. The number of hydrogen-bond donors (Lipinski definition) is 0. The molecule has 0 fully saturated rings. The van der Waals surface area contributed by atoms with Crippen LogP contribution in [0.3, 0.4) is 0 Å². The van der Waals surface area contributed by atoms with Crippen molar-refractivity contribution in [3.05, 3.63) is 50.0 Å². The molecule has 0 bridgehead atoms. The molecule has 0 aromatic rings. The quantitative estimate of drug-likeness (QED) is 0.320. The van der Waals surface area contributed by atoms with E-state index < -0.39 is 6.16 Å². The predicted molar refractivity (Wildman–Crippen MR) is 57.7 cm³/mol. The fourth-order valence-electron chi connectivity index (χ4n) is 0.283. The molecule has 129 valence electrons. The van der Waals surface area contributed by atoms with Gasteiger partial charge in [-0.1, -0.05) is 0 Å². The molecule has 0 saturated carbocycles. The Kier molecular flexibility index (Phi) is 42.6. The summed E-state index contributed by atoms with van der Waals surface area (Å²) >= 11 is 0. The van der Waals surface area contributed by atoms with E-state index in [1.807, 2.05) is 0 Å². The van der Waals surface area contributed by atoms with Gasteiger partial charge in [-0.25, -0.2) is 19.4 Å². The van der Waals surface area contributed by atoms with Crippen molar-refractivity contribution < 1.29 is 36.7 Å². The van der Waals surface area contributed by atoms with Crippen LogP contribution >= 0.6 is 0 Å². The van der Waals surface area contributed by atoms with Crippen molar-refractivity contribution in [2.75, 3.05) is 0 Å². The molecule has 21 nitrogen and oxygen atoms in total. The Labute approximate surface area is 131 Å². The summed E-state index contributed by atoms with van der Waals surface area (Å²) in [6, 6.07) is 0. The average molecular weight is 386 g/mol. The van der Waals surface area contributed by atoms with Crippen LogP contribution in [0.15, 0.2) is 37.4 Å². The molecule has 23 heavy (non-hydrogen) atoms. The summed E-state index contributed by atoms with van der Waals surface area (Å²) in [4.78, 5) is 75.9. The zero-order valence-corrected chi connectivity index (χ0v) is 11.0. The van der Waals surface area contributed by atoms with Gasteiger partial charge in [0.05, 0.1) is 0 Å². The second-order valence-electron chi connectivity index (χ2n) is 1.39.